The highest BCUT2D eigenvalue weighted by atomic mass is 32.2. The number of aryl methyl sites for hydroxylation is 2. The predicted molar refractivity (Wildman–Crippen MR) is 140 cm³/mol. The van der Waals surface area contributed by atoms with Crippen LogP contribution in [-0.2, 0) is 26.2 Å². The predicted octanol–water partition coefficient (Wildman–Crippen LogP) is 2.90. The first-order valence-electron chi connectivity index (χ1n) is 11.9. The maximum Gasteiger partial charge on any atom is 0.304 e. The van der Waals surface area contributed by atoms with Crippen LogP contribution in [0.15, 0.2) is 48.5 Å². The summed E-state index contributed by atoms with van der Waals surface area (Å²) >= 11 is 0. The molecule has 0 aliphatic carbocycles. The number of hydrogen-bond donors (Lipinski definition) is 1. The van der Waals surface area contributed by atoms with Crippen LogP contribution in [0.3, 0.4) is 0 Å². The molecule has 0 fully saturated rings. The van der Waals surface area contributed by atoms with Crippen molar-refractivity contribution < 1.29 is 18.0 Å². The van der Waals surface area contributed by atoms with E-state index in [9.17, 15) is 18.0 Å². The number of anilines is 1. The molecule has 1 N–H and O–H groups in total. The van der Waals surface area contributed by atoms with Crippen molar-refractivity contribution in [2.24, 2.45) is 0 Å². The average molecular weight is 503 g/mol. The summed E-state index contributed by atoms with van der Waals surface area (Å²) in [6, 6.07) is 14.5. The van der Waals surface area contributed by atoms with Gasteiger partial charge in [0.1, 0.15) is 12.6 Å². The fourth-order valence-electron chi connectivity index (χ4n) is 3.88. The van der Waals surface area contributed by atoms with Crippen LogP contribution in [0.5, 0.6) is 0 Å². The lowest BCUT2D eigenvalue weighted by Gasteiger charge is -2.34. The Labute approximate surface area is 210 Å². The Kier molecular flexibility index (Phi) is 10.3. The average Bonchev–Trinajstić information content (AvgIpc) is 2.82. The highest BCUT2D eigenvalue weighted by molar-refractivity contribution is 7.90. The van der Waals surface area contributed by atoms with E-state index in [0.29, 0.717) is 31.6 Å². The van der Waals surface area contributed by atoms with Gasteiger partial charge in [-0.2, -0.15) is 12.7 Å². The second-order valence-corrected chi connectivity index (χ2v) is 10.8. The first-order valence-corrected chi connectivity index (χ1v) is 13.3. The molecule has 2 rings (SSSR count). The Bertz CT molecular complexity index is 1100. The fraction of sp³-hybridized carbons (Fsp3) is 0.462. The molecule has 192 valence electrons. The summed E-state index contributed by atoms with van der Waals surface area (Å²) in [7, 11) is -1.09. The number of likely N-dealkylation sites (N-methyl/N-ethyl adjacent to an activating group) is 1. The standard InChI is InChI=1S/C26H38N4O4S/c1-7-23(26(32)27-8-2)29(17-16-22-12-10-9-11-13-22)25(31)19-30(35(33,34)28(5)6)24-18-20(3)14-15-21(24)4/h9-15,18,23H,7-8,16-17,19H2,1-6H3,(H,27,32)/t23-/m1/s1. The van der Waals surface area contributed by atoms with E-state index in [-0.39, 0.29) is 5.91 Å². The van der Waals surface area contributed by atoms with Gasteiger partial charge in [0.2, 0.25) is 11.8 Å². The first kappa shape index (κ1) is 28.3. The quantitative estimate of drug-likeness (QED) is 0.483. The molecule has 0 saturated carbocycles. The maximum atomic E-state index is 13.7. The molecule has 0 aromatic heterocycles. The fourth-order valence-corrected chi connectivity index (χ4v) is 4.99. The van der Waals surface area contributed by atoms with Crippen LogP contribution < -0.4 is 9.62 Å². The van der Waals surface area contributed by atoms with E-state index in [1.54, 1.807) is 6.07 Å². The highest BCUT2D eigenvalue weighted by Crippen LogP contribution is 2.26. The number of nitrogens with one attached hydrogen (secondary N) is 1. The van der Waals surface area contributed by atoms with E-state index in [1.807, 2.05) is 70.2 Å². The Hall–Kier alpha value is -2.91. The third-order valence-electron chi connectivity index (χ3n) is 5.87. The van der Waals surface area contributed by atoms with Gasteiger partial charge in [-0.15, -0.1) is 0 Å². The van der Waals surface area contributed by atoms with Gasteiger partial charge in [0.05, 0.1) is 5.69 Å². The molecular weight excluding hydrogens is 464 g/mol. The normalized spacial score (nSPS) is 12.3. The van der Waals surface area contributed by atoms with Crippen molar-refractivity contribution in [3.05, 3.63) is 65.2 Å². The Morgan fingerprint density at radius 2 is 1.66 bits per heavy atom. The Morgan fingerprint density at radius 1 is 1.00 bits per heavy atom. The zero-order valence-electron chi connectivity index (χ0n) is 21.6. The molecule has 0 saturated heterocycles. The molecule has 2 aromatic carbocycles. The third kappa shape index (κ3) is 7.29. The lowest BCUT2D eigenvalue weighted by atomic mass is 10.1. The lowest BCUT2D eigenvalue weighted by Crippen LogP contribution is -2.54. The van der Waals surface area contributed by atoms with Crippen molar-refractivity contribution in [1.29, 1.82) is 0 Å². The minimum absolute atomic E-state index is 0.245. The molecular formula is C26H38N4O4S. The molecule has 35 heavy (non-hydrogen) atoms. The van der Waals surface area contributed by atoms with E-state index in [0.717, 1.165) is 25.3 Å². The lowest BCUT2D eigenvalue weighted by molar-refractivity contribution is -0.139. The van der Waals surface area contributed by atoms with Gasteiger partial charge in [-0.25, -0.2) is 4.31 Å². The molecule has 0 aliphatic rings. The molecule has 0 radical (unpaired) electrons. The molecule has 0 aliphatic heterocycles. The smallest absolute Gasteiger partial charge is 0.304 e. The molecule has 0 spiro atoms. The summed E-state index contributed by atoms with van der Waals surface area (Å²) in [5, 5.41) is 2.81. The van der Waals surface area contributed by atoms with Crippen molar-refractivity contribution in [3.63, 3.8) is 0 Å². The molecule has 0 unspecified atom stereocenters. The number of amides is 2. The Balaban J connectivity index is 2.47. The number of carbonyl (C=O) groups is 2. The SMILES string of the molecule is CCNC(=O)[C@@H](CC)N(CCc1ccccc1)C(=O)CN(c1cc(C)ccc1C)S(=O)(=O)N(C)C. The van der Waals surface area contributed by atoms with Gasteiger partial charge < -0.3 is 10.2 Å². The monoisotopic (exact) mass is 502 g/mol. The highest BCUT2D eigenvalue weighted by Gasteiger charge is 2.33. The van der Waals surface area contributed by atoms with Gasteiger partial charge in [0, 0.05) is 27.2 Å². The second kappa shape index (κ2) is 12.7. The largest absolute Gasteiger partial charge is 0.355 e. The van der Waals surface area contributed by atoms with E-state index in [2.05, 4.69) is 5.32 Å². The third-order valence-corrected chi connectivity index (χ3v) is 7.68. The first-order chi connectivity index (χ1) is 16.5. The van der Waals surface area contributed by atoms with Gasteiger partial charge in [-0.1, -0.05) is 49.4 Å². The van der Waals surface area contributed by atoms with Crippen LogP contribution >= 0.6 is 0 Å². The second-order valence-electron chi connectivity index (χ2n) is 8.73. The van der Waals surface area contributed by atoms with Crippen molar-refractivity contribution in [3.8, 4) is 0 Å². The van der Waals surface area contributed by atoms with Crippen LogP contribution in [0.25, 0.3) is 0 Å². The van der Waals surface area contributed by atoms with Gasteiger partial charge in [-0.3, -0.25) is 9.59 Å². The van der Waals surface area contributed by atoms with Crippen LogP contribution in [-0.4, -0.2) is 69.2 Å². The van der Waals surface area contributed by atoms with Crippen molar-refractivity contribution in [1.82, 2.24) is 14.5 Å². The van der Waals surface area contributed by atoms with Crippen LogP contribution in [0.1, 0.15) is 37.0 Å². The van der Waals surface area contributed by atoms with Crippen molar-refractivity contribution >= 4 is 27.7 Å². The number of nitrogens with zero attached hydrogens (tertiary/aromatic N) is 3. The summed E-state index contributed by atoms with van der Waals surface area (Å²) in [5.74, 6) is -0.671. The topological polar surface area (TPSA) is 90.0 Å². The summed E-state index contributed by atoms with van der Waals surface area (Å²) < 4.78 is 28.9. The zero-order chi connectivity index (χ0) is 26.2. The number of rotatable bonds is 12. The van der Waals surface area contributed by atoms with Crippen LogP contribution in [0, 0.1) is 13.8 Å². The van der Waals surface area contributed by atoms with Crippen LogP contribution in [0.4, 0.5) is 5.69 Å². The van der Waals surface area contributed by atoms with Crippen LogP contribution in [0.2, 0.25) is 0 Å². The molecule has 2 aromatic rings. The molecule has 8 nitrogen and oxygen atoms in total. The van der Waals surface area contributed by atoms with E-state index < -0.39 is 28.7 Å². The zero-order valence-corrected chi connectivity index (χ0v) is 22.4. The minimum Gasteiger partial charge on any atom is -0.355 e. The number of carbonyl (C=O) groups excluding carboxylic acids is 2. The number of hydrogen-bond acceptors (Lipinski definition) is 4. The summed E-state index contributed by atoms with van der Waals surface area (Å²) in [5.41, 5.74) is 3.09. The molecule has 9 heteroatoms. The summed E-state index contributed by atoms with van der Waals surface area (Å²) in [6.07, 6.45) is 0.961. The molecule has 0 bridgehead atoms. The van der Waals surface area contributed by atoms with Crippen molar-refractivity contribution in [2.45, 2.75) is 46.6 Å². The summed E-state index contributed by atoms with van der Waals surface area (Å²) in [6.45, 7) is 7.69. The maximum absolute atomic E-state index is 13.7. The number of benzene rings is 2. The van der Waals surface area contributed by atoms with Gasteiger partial charge in [-0.05, 0) is 56.4 Å². The van der Waals surface area contributed by atoms with Gasteiger partial charge >= 0.3 is 10.2 Å². The Morgan fingerprint density at radius 3 is 2.23 bits per heavy atom. The van der Waals surface area contributed by atoms with E-state index in [1.165, 1.54) is 19.0 Å². The molecule has 0 heterocycles. The summed E-state index contributed by atoms with van der Waals surface area (Å²) in [4.78, 5) is 28.1. The van der Waals surface area contributed by atoms with Gasteiger partial charge in [0.15, 0.2) is 0 Å². The molecule has 2 amide bonds. The minimum atomic E-state index is -3.97. The molecule has 1 atom stereocenters. The van der Waals surface area contributed by atoms with Crippen molar-refractivity contribution in [2.75, 3.05) is 38.0 Å². The van der Waals surface area contributed by atoms with E-state index in [4.69, 9.17) is 0 Å². The van der Waals surface area contributed by atoms with E-state index >= 15 is 0 Å². The van der Waals surface area contributed by atoms with Gasteiger partial charge in [0.25, 0.3) is 0 Å².